The number of nitrogens with zero attached hydrogens (tertiary/aromatic N) is 4. The molecule has 12 heteroatoms. The summed E-state index contributed by atoms with van der Waals surface area (Å²) >= 11 is 0. The second kappa shape index (κ2) is 10.00. The lowest BCUT2D eigenvalue weighted by Crippen LogP contribution is -2.38. The lowest BCUT2D eigenvalue weighted by Gasteiger charge is -2.25. The lowest BCUT2D eigenvalue weighted by molar-refractivity contribution is -0.367. The van der Waals surface area contributed by atoms with Crippen LogP contribution in [0.15, 0.2) is 53.9 Å². The number of H-pyrrole nitrogens is 1. The number of morpholine rings is 1. The van der Waals surface area contributed by atoms with Gasteiger partial charge in [-0.1, -0.05) is 6.07 Å². The Kier molecular flexibility index (Phi) is 6.87. The number of hydrazone groups is 1. The van der Waals surface area contributed by atoms with Crippen LogP contribution in [-0.2, 0) is 10.9 Å². The highest BCUT2D eigenvalue weighted by atomic mass is 19.4. The summed E-state index contributed by atoms with van der Waals surface area (Å²) in [4.78, 5) is 13.1. The highest BCUT2D eigenvalue weighted by Crippen LogP contribution is 2.31. The maximum atomic E-state index is 14.2. The van der Waals surface area contributed by atoms with Gasteiger partial charge >= 0.3 is 12.1 Å². The van der Waals surface area contributed by atoms with Gasteiger partial charge in [0.25, 0.3) is 0 Å². The first-order chi connectivity index (χ1) is 16.3. The Morgan fingerprint density at radius 3 is 2.65 bits per heavy atom. The third kappa shape index (κ3) is 5.76. The summed E-state index contributed by atoms with van der Waals surface area (Å²) in [6.45, 7) is 3.82. The van der Waals surface area contributed by atoms with E-state index < -0.39 is 17.6 Å². The van der Waals surface area contributed by atoms with Gasteiger partial charge in [-0.25, -0.2) is 4.98 Å². The number of aromatic amines is 1. The average molecular weight is 476 g/mol. The number of nitrogens with one attached hydrogen (secondary N) is 3. The number of hydrogen-bond donors (Lipinski definition) is 2. The maximum absolute atomic E-state index is 14.2. The molecule has 3 heterocycles. The number of pyridine rings is 1. The fraction of sp³-hybridized carbons (Fsp3) is 0.273. The molecule has 0 aliphatic carbocycles. The Morgan fingerprint density at radius 2 is 1.94 bits per heavy atom. The van der Waals surface area contributed by atoms with E-state index in [0.29, 0.717) is 49.1 Å². The molecular weight excluding hydrogens is 454 g/mol. The molecule has 0 unspecified atom stereocenters. The fourth-order valence-electron chi connectivity index (χ4n) is 3.26. The molecule has 1 fully saturated rings. The highest BCUT2D eigenvalue weighted by Gasteiger charge is 2.30. The van der Waals surface area contributed by atoms with Crippen molar-refractivity contribution in [3.8, 4) is 0 Å². The smallest absolute Gasteiger partial charge is 0.378 e. The van der Waals surface area contributed by atoms with E-state index in [0.717, 1.165) is 12.1 Å². The molecule has 0 spiro atoms. The Hall–Kier alpha value is -3.80. The normalized spacial score (nSPS) is 14.7. The van der Waals surface area contributed by atoms with Crippen LogP contribution in [0.2, 0.25) is 0 Å². The molecule has 1 aliphatic heterocycles. The quantitative estimate of drug-likeness (QED) is 0.319. The van der Waals surface area contributed by atoms with E-state index >= 15 is 0 Å². The zero-order chi connectivity index (χ0) is 24.1. The minimum Gasteiger partial charge on any atom is -0.378 e. The molecule has 0 radical (unpaired) electrons. The predicted molar refractivity (Wildman–Crippen MR) is 119 cm³/mol. The van der Waals surface area contributed by atoms with Gasteiger partial charge in [0.15, 0.2) is 0 Å². The Morgan fingerprint density at radius 1 is 1.15 bits per heavy atom. The van der Waals surface area contributed by atoms with Gasteiger partial charge in [-0.3, -0.25) is 4.98 Å². The number of alkyl halides is 3. The molecule has 0 saturated carbocycles. The topological polar surface area (TPSA) is 88.8 Å². The number of halogens is 4. The van der Waals surface area contributed by atoms with E-state index in [1.54, 1.807) is 24.0 Å². The van der Waals surface area contributed by atoms with Crippen molar-refractivity contribution in [2.24, 2.45) is 5.10 Å². The Bertz CT molecular complexity index is 1160. The number of hydrogen-bond acceptors (Lipinski definition) is 7. The molecule has 4 rings (SSSR count). The summed E-state index contributed by atoms with van der Waals surface area (Å²) < 4.78 is 58.1. The van der Waals surface area contributed by atoms with Gasteiger partial charge in [0.05, 0.1) is 42.1 Å². The van der Waals surface area contributed by atoms with Crippen LogP contribution in [-0.4, -0.2) is 42.0 Å². The van der Waals surface area contributed by atoms with E-state index in [2.05, 4.69) is 30.8 Å². The number of anilines is 4. The molecule has 178 valence electrons. The van der Waals surface area contributed by atoms with Gasteiger partial charge < -0.3 is 15.0 Å². The second-order valence-electron chi connectivity index (χ2n) is 7.46. The van der Waals surface area contributed by atoms with Crippen molar-refractivity contribution in [2.45, 2.75) is 13.1 Å². The van der Waals surface area contributed by atoms with Crippen LogP contribution in [0.3, 0.4) is 0 Å². The largest absolute Gasteiger partial charge is 0.416 e. The van der Waals surface area contributed by atoms with Crippen molar-refractivity contribution in [1.29, 1.82) is 0 Å². The van der Waals surface area contributed by atoms with Crippen LogP contribution in [0.5, 0.6) is 0 Å². The monoisotopic (exact) mass is 476 g/mol. The van der Waals surface area contributed by atoms with Crippen molar-refractivity contribution < 1.29 is 27.3 Å². The van der Waals surface area contributed by atoms with Crippen LogP contribution in [0, 0.1) is 5.82 Å². The third-order valence-corrected chi connectivity index (χ3v) is 5.02. The minimum absolute atomic E-state index is 0.209. The van der Waals surface area contributed by atoms with Crippen LogP contribution >= 0.6 is 0 Å². The number of rotatable bonds is 6. The van der Waals surface area contributed by atoms with Crippen molar-refractivity contribution >= 4 is 28.9 Å². The number of ether oxygens (including phenoxy) is 1. The van der Waals surface area contributed by atoms with E-state index in [9.17, 15) is 17.6 Å². The van der Waals surface area contributed by atoms with Crippen LogP contribution < -0.4 is 20.6 Å². The van der Waals surface area contributed by atoms with E-state index in [1.165, 1.54) is 24.5 Å². The van der Waals surface area contributed by atoms with Crippen molar-refractivity contribution in [3.05, 3.63) is 65.9 Å². The van der Waals surface area contributed by atoms with Crippen molar-refractivity contribution in [3.63, 3.8) is 0 Å². The summed E-state index contributed by atoms with van der Waals surface area (Å²) in [5, 5.41) is 7.13. The first-order valence-electron chi connectivity index (χ1n) is 10.4. The molecule has 3 N–H and O–H groups in total. The molecule has 3 aromatic rings. The summed E-state index contributed by atoms with van der Waals surface area (Å²) in [6.07, 6.45) is -1.72. The summed E-state index contributed by atoms with van der Waals surface area (Å²) in [6, 6.07) is 8.27. The molecule has 0 bridgehead atoms. The number of benzene rings is 1. The lowest BCUT2D eigenvalue weighted by atomic mass is 10.2. The SMILES string of the molecule is CC(=NNc1nc(N2CCOCC2)c(F)c[nH+]1)c1ccc(Nc2cccc(C(F)(F)F)c2)cn1. The molecule has 8 nitrogen and oxygen atoms in total. The van der Waals surface area contributed by atoms with E-state index in [-0.39, 0.29) is 11.8 Å². The van der Waals surface area contributed by atoms with E-state index in [4.69, 9.17) is 4.74 Å². The molecule has 1 aromatic carbocycles. The zero-order valence-electron chi connectivity index (χ0n) is 18.2. The minimum atomic E-state index is -4.42. The summed E-state index contributed by atoms with van der Waals surface area (Å²) in [5.74, 6) is -0.00991. The van der Waals surface area contributed by atoms with Crippen LogP contribution in [0.1, 0.15) is 18.2 Å². The first-order valence-corrected chi connectivity index (χ1v) is 10.4. The number of aromatic nitrogens is 3. The van der Waals surface area contributed by atoms with Gasteiger partial charge in [0, 0.05) is 18.8 Å². The van der Waals surface area contributed by atoms with Gasteiger partial charge in [-0.05, 0) is 42.2 Å². The first kappa shape index (κ1) is 23.4. The maximum Gasteiger partial charge on any atom is 0.416 e. The standard InChI is InChI=1S/C22H21F4N7O/c1-14(31-32-21-28-13-18(23)20(30-21)33-7-9-34-10-8-33)19-6-5-17(12-27-19)29-16-4-2-3-15(11-16)22(24,25)26/h2-6,11-13,29H,7-10H2,1H3,(H,28,30,32)/p+1. The van der Waals surface area contributed by atoms with Crippen molar-refractivity contribution in [2.75, 3.05) is 41.9 Å². The average Bonchev–Trinajstić information content (AvgIpc) is 2.84. The Labute approximate surface area is 192 Å². The molecule has 1 saturated heterocycles. The highest BCUT2D eigenvalue weighted by molar-refractivity contribution is 5.97. The third-order valence-electron chi connectivity index (χ3n) is 5.02. The molecule has 1 aliphatic rings. The molecular formula is C22H22F4N7O+. The van der Waals surface area contributed by atoms with Crippen LogP contribution in [0.4, 0.5) is 40.7 Å². The molecule has 34 heavy (non-hydrogen) atoms. The predicted octanol–water partition coefficient (Wildman–Crippen LogP) is 3.86. The van der Waals surface area contributed by atoms with Crippen molar-refractivity contribution in [1.82, 2.24) is 9.97 Å². The van der Waals surface area contributed by atoms with Gasteiger partial charge in [0.1, 0.15) is 6.20 Å². The molecule has 0 amide bonds. The Balaban J connectivity index is 1.42. The fourth-order valence-corrected chi connectivity index (χ4v) is 3.26. The molecule has 2 aromatic heterocycles. The van der Waals surface area contributed by atoms with Gasteiger partial charge in [0.2, 0.25) is 11.6 Å². The zero-order valence-corrected chi connectivity index (χ0v) is 18.2. The molecule has 0 atom stereocenters. The van der Waals surface area contributed by atoms with Crippen LogP contribution in [0.25, 0.3) is 0 Å². The summed E-state index contributed by atoms with van der Waals surface area (Å²) in [5.41, 5.74) is 3.91. The van der Waals surface area contributed by atoms with Gasteiger partial charge in [-0.2, -0.15) is 23.0 Å². The summed E-state index contributed by atoms with van der Waals surface area (Å²) in [7, 11) is 0. The van der Waals surface area contributed by atoms with Gasteiger partial charge in [-0.15, -0.1) is 5.10 Å². The van der Waals surface area contributed by atoms with E-state index in [1.807, 2.05) is 0 Å². The second-order valence-corrected chi connectivity index (χ2v) is 7.46.